The smallest absolute Gasteiger partial charge is 0.407 e. The Balaban J connectivity index is 1.47. The van der Waals surface area contributed by atoms with Gasteiger partial charge >= 0.3 is 6.09 Å². The summed E-state index contributed by atoms with van der Waals surface area (Å²) in [5.41, 5.74) is -0.255. The standard InChI is InChI=1S/C17H30N2O3/c1-16(2,3)22-15(20)19-12-9-11(12)18-13-10-7-6-8-21-14(10)17(13,4)5/h10-14,18H,6-9H2,1-5H3,(H,19,20). The number of hydrogen-bond donors (Lipinski definition) is 2. The van der Waals surface area contributed by atoms with Gasteiger partial charge in [0.1, 0.15) is 5.60 Å². The molecular formula is C17H30N2O3. The molecule has 5 heteroatoms. The van der Waals surface area contributed by atoms with Gasteiger partial charge in [0.15, 0.2) is 0 Å². The highest BCUT2D eigenvalue weighted by Gasteiger charge is 2.59. The second kappa shape index (κ2) is 5.38. The van der Waals surface area contributed by atoms with Gasteiger partial charge in [-0.25, -0.2) is 4.79 Å². The summed E-state index contributed by atoms with van der Waals surface area (Å²) in [6.45, 7) is 11.1. The van der Waals surface area contributed by atoms with Crippen LogP contribution in [-0.2, 0) is 9.47 Å². The van der Waals surface area contributed by atoms with Gasteiger partial charge in [-0.05, 0) is 40.0 Å². The lowest BCUT2D eigenvalue weighted by Crippen LogP contribution is -2.69. The van der Waals surface area contributed by atoms with Crippen LogP contribution in [0.2, 0.25) is 0 Å². The molecule has 1 heterocycles. The lowest BCUT2D eigenvalue weighted by molar-refractivity contribution is -0.193. The van der Waals surface area contributed by atoms with Gasteiger partial charge in [0.05, 0.1) is 6.10 Å². The normalized spacial score (nSPS) is 39.4. The topological polar surface area (TPSA) is 59.6 Å². The molecule has 3 fully saturated rings. The second-order valence-corrected chi connectivity index (χ2v) is 8.66. The zero-order chi connectivity index (χ0) is 16.1. The monoisotopic (exact) mass is 310 g/mol. The van der Waals surface area contributed by atoms with Gasteiger partial charge in [0, 0.05) is 36.1 Å². The summed E-state index contributed by atoms with van der Waals surface area (Å²) in [6, 6.07) is 1.07. The zero-order valence-corrected chi connectivity index (χ0v) is 14.4. The number of carbonyl (C=O) groups is 1. The van der Waals surface area contributed by atoms with Gasteiger partial charge < -0.3 is 20.1 Å². The third-order valence-electron chi connectivity index (χ3n) is 5.22. The van der Waals surface area contributed by atoms with Gasteiger partial charge in [0.2, 0.25) is 0 Å². The van der Waals surface area contributed by atoms with Crippen molar-refractivity contribution < 1.29 is 14.3 Å². The lowest BCUT2D eigenvalue weighted by Gasteiger charge is -2.60. The molecule has 5 atom stereocenters. The number of fused-ring (bicyclic) bond motifs is 1. The second-order valence-electron chi connectivity index (χ2n) is 8.66. The van der Waals surface area contributed by atoms with Crippen LogP contribution in [0.5, 0.6) is 0 Å². The van der Waals surface area contributed by atoms with E-state index in [9.17, 15) is 4.79 Å². The average molecular weight is 310 g/mol. The molecule has 2 saturated carbocycles. The molecule has 0 aromatic rings. The highest BCUT2D eigenvalue weighted by molar-refractivity contribution is 5.68. The van der Waals surface area contributed by atoms with Crippen LogP contribution in [0.25, 0.3) is 0 Å². The first-order valence-corrected chi connectivity index (χ1v) is 8.55. The summed E-state index contributed by atoms with van der Waals surface area (Å²) in [5, 5.41) is 6.71. The molecule has 0 aromatic carbocycles. The molecule has 1 saturated heterocycles. The van der Waals surface area contributed by atoms with Gasteiger partial charge in [-0.2, -0.15) is 0 Å². The number of ether oxygens (including phenoxy) is 2. The predicted octanol–water partition coefficient (Wildman–Crippen LogP) is 2.45. The van der Waals surface area contributed by atoms with E-state index in [1.165, 1.54) is 12.8 Å². The number of amides is 1. The van der Waals surface area contributed by atoms with E-state index in [-0.39, 0.29) is 17.6 Å². The molecule has 5 unspecified atom stereocenters. The summed E-state index contributed by atoms with van der Waals surface area (Å²) in [6.07, 6.45) is 3.50. The largest absolute Gasteiger partial charge is 0.444 e. The summed E-state index contributed by atoms with van der Waals surface area (Å²) in [5.74, 6) is 0.631. The van der Waals surface area contributed by atoms with Crippen molar-refractivity contribution in [1.82, 2.24) is 10.6 Å². The lowest BCUT2D eigenvalue weighted by atomic mass is 9.55. The Kier molecular flexibility index (Phi) is 3.92. The van der Waals surface area contributed by atoms with E-state index < -0.39 is 5.60 Å². The van der Waals surface area contributed by atoms with Crippen LogP contribution in [0.4, 0.5) is 4.79 Å². The van der Waals surface area contributed by atoms with Crippen molar-refractivity contribution >= 4 is 6.09 Å². The van der Waals surface area contributed by atoms with Crippen LogP contribution in [0, 0.1) is 11.3 Å². The first-order chi connectivity index (χ1) is 10.2. The van der Waals surface area contributed by atoms with E-state index in [2.05, 4.69) is 24.5 Å². The first kappa shape index (κ1) is 16.1. The SMILES string of the molecule is CC(C)(C)OC(=O)NC1CC1NC1C2CCCOC2C1(C)C. The van der Waals surface area contributed by atoms with Crippen molar-refractivity contribution in [2.45, 2.75) is 83.7 Å². The number of carbonyl (C=O) groups excluding carboxylic acids is 1. The summed E-state index contributed by atoms with van der Waals surface area (Å²) in [4.78, 5) is 11.8. The minimum atomic E-state index is -0.440. The van der Waals surface area contributed by atoms with Crippen LogP contribution in [0.1, 0.15) is 53.9 Å². The Morgan fingerprint density at radius 1 is 1.27 bits per heavy atom. The Labute approximate surface area is 133 Å². The van der Waals surface area contributed by atoms with Gasteiger partial charge in [0.25, 0.3) is 0 Å². The van der Waals surface area contributed by atoms with E-state index in [1.54, 1.807) is 0 Å². The highest BCUT2D eigenvalue weighted by atomic mass is 16.6. The maximum absolute atomic E-state index is 11.8. The van der Waals surface area contributed by atoms with E-state index in [0.29, 0.717) is 24.1 Å². The Morgan fingerprint density at radius 2 is 2.00 bits per heavy atom. The van der Waals surface area contributed by atoms with Crippen molar-refractivity contribution in [3.8, 4) is 0 Å². The zero-order valence-electron chi connectivity index (χ0n) is 14.4. The van der Waals surface area contributed by atoms with Crippen molar-refractivity contribution in [2.75, 3.05) is 6.61 Å². The van der Waals surface area contributed by atoms with E-state index in [4.69, 9.17) is 9.47 Å². The molecule has 1 amide bonds. The first-order valence-electron chi connectivity index (χ1n) is 8.55. The van der Waals surface area contributed by atoms with Crippen molar-refractivity contribution in [3.05, 3.63) is 0 Å². The van der Waals surface area contributed by atoms with E-state index in [0.717, 1.165) is 13.0 Å². The highest BCUT2D eigenvalue weighted by Crippen LogP contribution is 2.52. The summed E-state index contributed by atoms with van der Waals surface area (Å²) >= 11 is 0. The molecule has 0 bridgehead atoms. The Morgan fingerprint density at radius 3 is 2.68 bits per heavy atom. The molecule has 2 aliphatic carbocycles. The van der Waals surface area contributed by atoms with Crippen molar-refractivity contribution in [2.24, 2.45) is 11.3 Å². The molecule has 22 heavy (non-hydrogen) atoms. The van der Waals surface area contributed by atoms with Crippen molar-refractivity contribution in [1.29, 1.82) is 0 Å². The molecule has 126 valence electrons. The number of nitrogens with one attached hydrogen (secondary N) is 2. The van der Waals surface area contributed by atoms with E-state index >= 15 is 0 Å². The molecule has 5 nitrogen and oxygen atoms in total. The quantitative estimate of drug-likeness (QED) is 0.840. The fourth-order valence-electron chi connectivity index (χ4n) is 4.09. The molecule has 0 radical (unpaired) electrons. The molecule has 2 N–H and O–H groups in total. The maximum Gasteiger partial charge on any atom is 0.407 e. The van der Waals surface area contributed by atoms with Crippen LogP contribution in [0.15, 0.2) is 0 Å². The summed E-state index contributed by atoms with van der Waals surface area (Å²) < 4.78 is 11.3. The van der Waals surface area contributed by atoms with Gasteiger partial charge in [-0.15, -0.1) is 0 Å². The third-order valence-corrected chi connectivity index (χ3v) is 5.22. The molecule has 0 aromatic heterocycles. The van der Waals surface area contributed by atoms with Gasteiger partial charge in [-0.1, -0.05) is 13.8 Å². The van der Waals surface area contributed by atoms with Crippen molar-refractivity contribution in [3.63, 3.8) is 0 Å². The molecule has 3 rings (SSSR count). The van der Waals surface area contributed by atoms with Crippen LogP contribution in [0.3, 0.4) is 0 Å². The predicted molar refractivity (Wildman–Crippen MR) is 84.7 cm³/mol. The number of rotatable bonds is 3. The van der Waals surface area contributed by atoms with Gasteiger partial charge in [-0.3, -0.25) is 0 Å². The molecule has 0 spiro atoms. The molecule has 1 aliphatic heterocycles. The minimum absolute atomic E-state index is 0.185. The number of alkyl carbamates (subject to hydrolysis) is 1. The van der Waals surface area contributed by atoms with Crippen LogP contribution >= 0.6 is 0 Å². The molecule has 3 aliphatic rings. The Hall–Kier alpha value is -0.810. The third kappa shape index (κ3) is 3.11. The van der Waals surface area contributed by atoms with Crippen LogP contribution < -0.4 is 10.6 Å². The Bertz CT molecular complexity index is 444. The number of hydrogen-bond acceptors (Lipinski definition) is 4. The fourth-order valence-corrected chi connectivity index (χ4v) is 4.09. The molecular weight excluding hydrogens is 280 g/mol. The van der Waals surface area contributed by atoms with Crippen LogP contribution in [-0.4, -0.2) is 42.5 Å². The van der Waals surface area contributed by atoms with E-state index in [1.807, 2.05) is 20.8 Å². The maximum atomic E-state index is 11.8. The average Bonchev–Trinajstić information content (AvgIpc) is 3.11. The fraction of sp³-hybridized carbons (Fsp3) is 0.941. The summed E-state index contributed by atoms with van der Waals surface area (Å²) in [7, 11) is 0. The minimum Gasteiger partial charge on any atom is -0.444 e.